The topological polar surface area (TPSA) is 43.8 Å². The van der Waals surface area contributed by atoms with E-state index in [2.05, 4.69) is 21.0 Å². The molecule has 0 aliphatic rings. The van der Waals surface area contributed by atoms with Gasteiger partial charge in [-0.05, 0) is 28.1 Å². The minimum absolute atomic E-state index is 0.540. The normalized spacial score (nSPS) is 10.4. The molecule has 1 aromatic carbocycles. The molecule has 1 heterocycles. The van der Waals surface area contributed by atoms with E-state index in [9.17, 15) is 0 Å². The van der Waals surface area contributed by atoms with Crippen LogP contribution in [0, 0.1) is 0 Å². The van der Waals surface area contributed by atoms with E-state index in [0.717, 1.165) is 10.2 Å². The number of benzene rings is 1. The van der Waals surface area contributed by atoms with Crippen LogP contribution in [0.3, 0.4) is 0 Å². The van der Waals surface area contributed by atoms with E-state index < -0.39 is 0 Å². The van der Waals surface area contributed by atoms with E-state index in [1.807, 2.05) is 18.2 Å². The number of hydrogen-bond acceptors (Lipinski definition) is 2. The molecule has 1 aromatic heterocycles. The molecule has 0 spiro atoms. The van der Waals surface area contributed by atoms with Crippen LogP contribution < -0.4 is 5.73 Å². The summed E-state index contributed by atoms with van der Waals surface area (Å²) in [6.07, 6.45) is 1.64. The molecule has 5 heteroatoms. The average Bonchev–Trinajstić information content (AvgIpc) is 2.49. The van der Waals surface area contributed by atoms with E-state index in [1.165, 1.54) is 0 Å². The van der Waals surface area contributed by atoms with Crippen molar-refractivity contribution in [2.75, 3.05) is 5.73 Å². The van der Waals surface area contributed by atoms with Crippen molar-refractivity contribution in [2.45, 2.75) is 0 Å². The Kier molecular flexibility index (Phi) is 2.48. The summed E-state index contributed by atoms with van der Waals surface area (Å²) in [4.78, 5) is 0. The number of para-hydroxylation sites is 1. The van der Waals surface area contributed by atoms with Crippen LogP contribution in [0.5, 0.6) is 0 Å². The SMILES string of the molecule is Nc1c(Br)cnn1-c1ccccc1Cl. The number of anilines is 1. The highest BCUT2D eigenvalue weighted by Gasteiger charge is 2.08. The minimum atomic E-state index is 0.540. The van der Waals surface area contributed by atoms with E-state index in [1.54, 1.807) is 16.9 Å². The molecule has 2 rings (SSSR count). The molecule has 0 aliphatic heterocycles. The first kappa shape index (κ1) is 9.55. The number of hydrogen-bond donors (Lipinski definition) is 1. The molecule has 0 fully saturated rings. The van der Waals surface area contributed by atoms with Crippen LogP contribution in [-0.4, -0.2) is 9.78 Å². The summed E-state index contributed by atoms with van der Waals surface area (Å²) in [5.41, 5.74) is 6.57. The Morgan fingerprint density at radius 1 is 1.36 bits per heavy atom. The Morgan fingerprint density at radius 3 is 2.64 bits per heavy atom. The van der Waals surface area contributed by atoms with Gasteiger partial charge in [0.15, 0.2) is 0 Å². The minimum Gasteiger partial charge on any atom is -0.383 e. The summed E-state index contributed by atoms with van der Waals surface area (Å²) in [5, 5.41) is 4.73. The third kappa shape index (κ3) is 1.51. The van der Waals surface area contributed by atoms with Gasteiger partial charge >= 0.3 is 0 Å². The van der Waals surface area contributed by atoms with Gasteiger partial charge in [-0.25, -0.2) is 4.68 Å². The van der Waals surface area contributed by atoms with Crippen molar-refractivity contribution in [3.8, 4) is 5.69 Å². The Hall–Kier alpha value is -1.00. The van der Waals surface area contributed by atoms with Crippen molar-refractivity contribution in [3.05, 3.63) is 40.0 Å². The maximum Gasteiger partial charge on any atom is 0.141 e. The average molecular weight is 273 g/mol. The summed E-state index contributed by atoms with van der Waals surface area (Å²) in [5.74, 6) is 0.540. The van der Waals surface area contributed by atoms with Gasteiger partial charge in [-0.1, -0.05) is 23.7 Å². The zero-order valence-corrected chi connectivity index (χ0v) is 9.46. The molecule has 2 aromatic rings. The number of nitrogen functional groups attached to an aromatic ring is 1. The van der Waals surface area contributed by atoms with Crippen LogP contribution in [0.2, 0.25) is 5.02 Å². The maximum absolute atomic E-state index is 6.01. The number of halogens is 2. The lowest BCUT2D eigenvalue weighted by Gasteiger charge is -2.05. The van der Waals surface area contributed by atoms with E-state index >= 15 is 0 Å². The molecular weight excluding hydrogens is 265 g/mol. The molecule has 3 nitrogen and oxygen atoms in total. The van der Waals surface area contributed by atoms with Gasteiger partial charge in [0.1, 0.15) is 5.82 Å². The van der Waals surface area contributed by atoms with Crippen molar-refractivity contribution in [1.29, 1.82) is 0 Å². The molecule has 0 unspecified atom stereocenters. The third-order valence-corrected chi connectivity index (χ3v) is 2.77. The van der Waals surface area contributed by atoms with E-state index in [4.69, 9.17) is 17.3 Å². The molecule has 72 valence electrons. The largest absolute Gasteiger partial charge is 0.383 e. The zero-order valence-electron chi connectivity index (χ0n) is 7.11. The fraction of sp³-hybridized carbons (Fsp3) is 0. The van der Waals surface area contributed by atoms with Gasteiger partial charge < -0.3 is 5.73 Å². The molecule has 0 saturated carbocycles. The quantitative estimate of drug-likeness (QED) is 0.867. The van der Waals surface area contributed by atoms with Crippen LogP contribution in [0.25, 0.3) is 5.69 Å². The second-order valence-corrected chi connectivity index (χ2v) is 4.00. The lowest BCUT2D eigenvalue weighted by Crippen LogP contribution is -2.02. The first-order chi connectivity index (χ1) is 6.70. The van der Waals surface area contributed by atoms with Crippen LogP contribution >= 0.6 is 27.5 Å². The molecule has 0 aliphatic carbocycles. The Balaban J connectivity index is 2.60. The van der Waals surface area contributed by atoms with Crippen LogP contribution in [-0.2, 0) is 0 Å². The van der Waals surface area contributed by atoms with Crippen molar-refractivity contribution in [1.82, 2.24) is 9.78 Å². The predicted molar refractivity (Wildman–Crippen MR) is 60.7 cm³/mol. The van der Waals surface area contributed by atoms with Gasteiger partial charge in [0.05, 0.1) is 21.4 Å². The van der Waals surface area contributed by atoms with Crippen molar-refractivity contribution >= 4 is 33.3 Å². The third-order valence-electron chi connectivity index (χ3n) is 1.84. The van der Waals surface area contributed by atoms with Gasteiger partial charge in [-0.15, -0.1) is 0 Å². The van der Waals surface area contributed by atoms with Gasteiger partial charge in [0, 0.05) is 0 Å². The molecule has 0 saturated heterocycles. The highest BCUT2D eigenvalue weighted by Crippen LogP contribution is 2.25. The summed E-state index contributed by atoms with van der Waals surface area (Å²) in [6.45, 7) is 0. The van der Waals surface area contributed by atoms with E-state index in [0.29, 0.717) is 10.8 Å². The Bertz CT molecular complexity index is 467. The highest BCUT2D eigenvalue weighted by atomic mass is 79.9. The van der Waals surface area contributed by atoms with Crippen molar-refractivity contribution in [3.63, 3.8) is 0 Å². The van der Waals surface area contributed by atoms with Crippen LogP contribution in [0.4, 0.5) is 5.82 Å². The lowest BCUT2D eigenvalue weighted by atomic mass is 10.3. The van der Waals surface area contributed by atoms with Crippen molar-refractivity contribution in [2.24, 2.45) is 0 Å². The highest BCUT2D eigenvalue weighted by molar-refractivity contribution is 9.10. The summed E-state index contributed by atoms with van der Waals surface area (Å²) in [6, 6.07) is 7.40. The molecular formula is C9H7BrClN3. The summed E-state index contributed by atoms with van der Waals surface area (Å²) >= 11 is 9.29. The molecule has 0 amide bonds. The maximum atomic E-state index is 6.01. The Morgan fingerprint density at radius 2 is 2.07 bits per heavy atom. The summed E-state index contributed by atoms with van der Waals surface area (Å²) < 4.78 is 2.35. The number of nitrogens with two attached hydrogens (primary N) is 1. The first-order valence-electron chi connectivity index (χ1n) is 3.94. The van der Waals surface area contributed by atoms with Gasteiger partial charge in [0.25, 0.3) is 0 Å². The van der Waals surface area contributed by atoms with E-state index in [-0.39, 0.29) is 0 Å². The number of aromatic nitrogens is 2. The van der Waals surface area contributed by atoms with Gasteiger partial charge in [-0.3, -0.25) is 0 Å². The molecule has 2 N–H and O–H groups in total. The molecule has 0 radical (unpaired) electrons. The monoisotopic (exact) mass is 271 g/mol. The number of nitrogens with zero attached hydrogens (tertiary/aromatic N) is 2. The molecule has 0 atom stereocenters. The lowest BCUT2D eigenvalue weighted by molar-refractivity contribution is 0.891. The fourth-order valence-electron chi connectivity index (χ4n) is 1.15. The fourth-order valence-corrected chi connectivity index (χ4v) is 1.63. The second-order valence-electron chi connectivity index (χ2n) is 2.74. The molecule has 0 bridgehead atoms. The first-order valence-corrected chi connectivity index (χ1v) is 5.11. The zero-order chi connectivity index (χ0) is 10.1. The molecule has 14 heavy (non-hydrogen) atoms. The van der Waals surface area contributed by atoms with Gasteiger partial charge in [-0.2, -0.15) is 5.10 Å². The van der Waals surface area contributed by atoms with Crippen LogP contribution in [0.15, 0.2) is 34.9 Å². The smallest absolute Gasteiger partial charge is 0.141 e. The van der Waals surface area contributed by atoms with Crippen LogP contribution in [0.1, 0.15) is 0 Å². The summed E-state index contributed by atoms with van der Waals surface area (Å²) in [7, 11) is 0. The Labute approximate surface area is 94.6 Å². The standard InChI is InChI=1S/C9H7BrClN3/c10-6-5-13-14(9(6)12)8-4-2-1-3-7(8)11/h1-5H,12H2. The number of rotatable bonds is 1. The van der Waals surface area contributed by atoms with Crippen molar-refractivity contribution < 1.29 is 0 Å². The predicted octanol–water partition coefficient (Wildman–Crippen LogP) is 2.87. The second kappa shape index (κ2) is 3.63. The van der Waals surface area contributed by atoms with Gasteiger partial charge in [0.2, 0.25) is 0 Å².